The zero-order valence-corrected chi connectivity index (χ0v) is 11.6. The second kappa shape index (κ2) is 6.79. The van der Waals surface area contributed by atoms with Crippen LogP contribution in [0.15, 0.2) is 6.33 Å². The van der Waals surface area contributed by atoms with E-state index in [-0.39, 0.29) is 11.2 Å². The Hall–Kier alpha value is -1.24. The molecule has 7 heteroatoms. The number of morpholine rings is 1. The lowest BCUT2D eigenvalue weighted by atomic mass is 10.2. The maximum atomic E-state index is 11.0. The van der Waals surface area contributed by atoms with Crippen LogP contribution in [-0.2, 0) is 4.74 Å². The molecule has 19 heavy (non-hydrogen) atoms. The molecule has 104 valence electrons. The summed E-state index contributed by atoms with van der Waals surface area (Å²) in [6.07, 6.45) is 2.02. The van der Waals surface area contributed by atoms with Crippen molar-refractivity contribution in [3.05, 3.63) is 17.0 Å². The molecule has 0 aliphatic carbocycles. The molecule has 1 fully saturated rings. The Balaban J connectivity index is 1.96. The van der Waals surface area contributed by atoms with E-state index in [0.29, 0.717) is 17.7 Å². The second-order valence-corrected chi connectivity index (χ2v) is 4.86. The van der Waals surface area contributed by atoms with Crippen LogP contribution in [0.2, 0.25) is 5.15 Å². The minimum absolute atomic E-state index is 0.155. The Morgan fingerprint density at radius 2 is 2.26 bits per heavy atom. The maximum Gasteiger partial charge on any atom is 0.156 e. The van der Waals surface area contributed by atoms with Crippen LogP contribution in [0.4, 0.5) is 5.82 Å². The Morgan fingerprint density at radius 3 is 2.95 bits per heavy atom. The summed E-state index contributed by atoms with van der Waals surface area (Å²) >= 11 is 5.86. The van der Waals surface area contributed by atoms with E-state index >= 15 is 0 Å². The quantitative estimate of drug-likeness (QED) is 0.644. The molecule has 1 unspecified atom stereocenters. The van der Waals surface area contributed by atoms with Gasteiger partial charge >= 0.3 is 0 Å². The van der Waals surface area contributed by atoms with E-state index in [1.807, 2.05) is 6.92 Å². The molecule has 1 aliphatic heterocycles. The van der Waals surface area contributed by atoms with Gasteiger partial charge in [0.1, 0.15) is 17.3 Å². The van der Waals surface area contributed by atoms with Gasteiger partial charge in [-0.15, -0.1) is 0 Å². The van der Waals surface area contributed by atoms with Gasteiger partial charge < -0.3 is 10.1 Å². The van der Waals surface area contributed by atoms with Crippen LogP contribution in [0.25, 0.3) is 0 Å². The average Bonchev–Trinajstić information content (AvgIpc) is 2.40. The first-order valence-electron chi connectivity index (χ1n) is 6.23. The highest BCUT2D eigenvalue weighted by molar-refractivity contribution is 6.32. The second-order valence-electron chi connectivity index (χ2n) is 4.50. The van der Waals surface area contributed by atoms with Crippen molar-refractivity contribution in [1.82, 2.24) is 14.9 Å². The minimum atomic E-state index is 0.155. The summed E-state index contributed by atoms with van der Waals surface area (Å²) < 4.78 is 5.31. The van der Waals surface area contributed by atoms with Crippen LogP contribution in [0.5, 0.6) is 0 Å². The van der Waals surface area contributed by atoms with Gasteiger partial charge in [0.2, 0.25) is 0 Å². The highest BCUT2D eigenvalue weighted by atomic mass is 35.5. The van der Waals surface area contributed by atoms with E-state index in [9.17, 15) is 4.79 Å². The number of carbonyl (C=O) groups is 1. The average molecular weight is 285 g/mol. The lowest BCUT2D eigenvalue weighted by molar-refractivity contribution is 0.0368. The van der Waals surface area contributed by atoms with Crippen LogP contribution in [0.3, 0.4) is 0 Å². The highest BCUT2D eigenvalue weighted by Gasteiger charge is 2.16. The van der Waals surface area contributed by atoms with Gasteiger partial charge in [0, 0.05) is 25.7 Å². The minimum Gasteiger partial charge on any atom is -0.379 e. The monoisotopic (exact) mass is 284 g/mol. The van der Waals surface area contributed by atoms with Crippen LogP contribution in [0.1, 0.15) is 17.3 Å². The standard InChI is InChI=1S/C12H17ClN4O2/c1-9(6-17-2-4-19-5-3-17)16-12-10(7-18)11(13)14-8-15-12/h7-9H,2-6H2,1H3,(H,14,15,16). The van der Waals surface area contributed by atoms with Gasteiger partial charge in [0.25, 0.3) is 0 Å². The molecule has 2 rings (SSSR count). The number of nitrogens with one attached hydrogen (secondary N) is 1. The number of halogens is 1. The number of carbonyl (C=O) groups excluding carboxylic acids is 1. The molecule has 1 N–H and O–H groups in total. The summed E-state index contributed by atoms with van der Waals surface area (Å²) in [6.45, 7) is 6.30. The van der Waals surface area contributed by atoms with Crippen molar-refractivity contribution in [1.29, 1.82) is 0 Å². The fourth-order valence-corrected chi connectivity index (χ4v) is 2.22. The number of ether oxygens (including phenoxy) is 1. The Morgan fingerprint density at radius 1 is 1.53 bits per heavy atom. The van der Waals surface area contributed by atoms with E-state index in [1.54, 1.807) is 0 Å². The smallest absolute Gasteiger partial charge is 0.156 e. The van der Waals surface area contributed by atoms with E-state index in [2.05, 4.69) is 20.2 Å². The summed E-state index contributed by atoms with van der Waals surface area (Å²) in [5.74, 6) is 0.482. The highest BCUT2D eigenvalue weighted by Crippen LogP contribution is 2.18. The zero-order valence-electron chi connectivity index (χ0n) is 10.8. The number of anilines is 1. The third kappa shape index (κ3) is 3.86. The molecule has 1 aromatic rings. The summed E-state index contributed by atoms with van der Waals surface area (Å²) in [5, 5.41) is 3.37. The van der Waals surface area contributed by atoms with Crippen LogP contribution in [-0.4, -0.2) is 60.0 Å². The van der Waals surface area contributed by atoms with Crippen molar-refractivity contribution in [3.63, 3.8) is 0 Å². The molecular weight excluding hydrogens is 268 g/mol. The molecule has 0 spiro atoms. The fraction of sp³-hybridized carbons (Fsp3) is 0.583. The third-order valence-electron chi connectivity index (χ3n) is 2.97. The van der Waals surface area contributed by atoms with E-state index < -0.39 is 0 Å². The molecule has 0 aromatic carbocycles. The number of aromatic nitrogens is 2. The first-order valence-corrected chi connectivity index (χ1v) is 6.61. The lowest BCUT2D eigenvalue weighted by Gasteiger charge is -2.29. The first kappa shape index (κ1) is 14.2. The summed E-state index contributed by atoms with van der Waals surface area (Å²) in [6, 6.07) is 0.155. The van der Waals surface area contributed by atoms with Crippen molar-refractivity contribution in [2.75, 3.05) is 38.2 Å². The van der Waals surface area contributed by atoms with Gasteiger partial charge in [-0.05, 0) is 6.92 Å². The third-order valence-corrected chi connectivity index (χ3v) is 3.27. The fourth-order valence-electron chi connectivity index (χ4n) is 2.04. The molecule has 1 atom stereocenters. The van der Waals surface area contributed by atoms with Gasteiger partial charge in [-0.3, -0.25) is 9.69 Å². The van der Waals surface area contributed by atoms with Crippen molar-refractivity contribution in [3.8, 4) is 0 Å². The van der Waals surface area contributed by atoms with Gasteiger partial charge in [0.05, 0.1) is 18.8 Å². The Bertz CT molecular complexity index is 438. The van der Waals surface area contributed by atoms with Gasteiger partial charge in [-0.25, -0.2) is 9.97 Å². The van der Waals surface area contributed by atoms with Crippen LogP contribution < -0.4 is 5.32 Å². The largest absolute Gasteiger partial charge is 0.379 e. The number of aldehydes is 1. The molecule has 0 amide bonds. The Kier molecular flexibility index (Phi) is 5.07. The lowest BCUT2D eigenvalue weighted by Crippen LogP contribution is -2.42. The summed E-state index contributed by atoms with van der Waals surface area (Å²) in [7, 11) is 0. The molecule has 1 aromatic heterocycles. The molecule has 2 heterocycles. The van der Waals surface area contributed by atoms with Crippen LogP contribution in [0, 0.1) is 0 Å². The molecule has 0 bridgehead atoms. The number of nitrogens with zero attached hydrogens (tertiary/aromatic N) is 3. The first-order chi connectivity index (χ1) is 9.20. The van der Waals surface area contributed by atoms with E-state index in [0.717, 1.165) is 32.8 Å². The topological polar surface area (TPSA) is 67.3 Å². The number of hydrogen-bond donors (Lipinski definition) is 1. The van der Waals surface area contributed by atoms with Gasteiger partial charge in [-0.1, -0.05) is 11.6 Å². The van der Waals surface area contributed by atoms with Crippen molar-refractivity contribution in [2.45, 2.75) is 13.0 Å². The molecule has 1 saturated heterocycles. The summed E-state index contributed by atoms with van der Waals surface area (Å²) in [5.41, 5.74) is 0.304. The predicted molar refractivity (Wildman–Crippen MR) is 72.8 cm³/mol. The zero-order chi connectivity index (χ0) is 13.7. The van der Waals surface area contributed by atoms with Crippen LogP contribution >= 0.6 is 11.6 Å². The van der Waals surface area contributed by atoms with Crippen molar-refractivity contribution >= 4 is 23.7 Å². The van der Waals surface area contributed by atoms with Gasteiger partial charge in [-0.2, -0.15) is 0 Å². The number of rotatable bonds is 5. The van der Waals surface area contributed by atoms with Crippen molar-refractivity contribution in [2.24, 2.45) is 0 Å². The molecule has 0 saturated carbocycles. The number of hydrogen-bond acceptors (Lipinski definition) is 6. The Labute approximate surface area is 117 Å². The SMILES string of the molecule is CC(CN1CCOCC1)Nc1ncnc(Cl)c1C=O. The molecular formula is C12H17ClN4O2. The molecule has 6 nitrogen and oxygen atoms in total. The molecule has 0 radical (unpaired) electrons. The van der Waals surface area contributed by atoms with E-state index in [1.165, 1.54) is 6.33 Å². The van der Waals surface area contributed by atoms with Crippen molar-refractivity contribution < 1.29 is 9.53 Å². The predicted octanol–water partition coefficient (Wildman–Crippen LogP) is 1.08. The summed E-state index contributed by atoms with van der Waals surface area (Å²) in [4.78, 5) is 21.2. The van der Waals surface area contributed by atoms with Gasteiger partial charge in [0.15, 0.2) is 6.29 Å². The van der Waals surface area contributed by atoms with E-state index in [4.69, 9.17) is 16.3 Å². The maximum absolute atomic E-state index is 11.0. The normalized spacial score (nSPS) is 18.0. The molecule has 1 aliphatic rings.